The van der Waals surface area contributed by atoms with Crippen molar-refractivity contribution in [2.75, 3.05) is 13.7 Å². The van der Waals surface area contributed by atoms with Crippen molar-refractivity contribution in [3.8, 4) is 11.5 Å². The largest absolute Gasteiger partial charge is 0.492 e. The summed E-state index contributed by atoms with van der Waals surface area (Å²) in [6.45, 7) is 2.33. The van der Waals surface area contributed by atoms with E-state index in [1.165, 1.54) is 19.3 Å². The Morgan fingerprint density at radius 3 is 2.63 bits per heavy atom. The number of rotatable bonds is 6. The smallest absolute Gasteiger partial charge is 0.387 e. The first-order chi connectivity index (χ1) is 9.03. The van der Waals surface area contributed by atoms with Gasteiger partial charge in [0.2, 0.25) is 0 Å². The molecule has 1 aromatic rings. The van der Waals surface area contributed by atoms with Crippen molar-refractivity contribution in [2.24, 2.45) is 0 Å². The maximum Gasteiger partial charge on any atom is 0.387 e. The Morgan fingerprint density at radius 1 is 1.47 bits per heavy atom. The van der Waals surface area contributed by atoms with Gasteiger partial charge in [0.05, 0.1) is 19.3 Å². The van der Waals surface area contributed by atoms with Gasteiger partial charge < -0.3 is 14.2 Å². The molecular weight excluding hydrogens is 258 g/mol. The quantitative estimate of drug-likeness (QED) is 0.746. The molecule has 1 rings (SSSR count). The highest BCUT2D eigenvalue weighted by Gasteiger charge is 2.18. The third-order valence-electron chi connectivity index (χ3n) is 2.23. The lowest BCUT2D eigenvalue weighted by molar-refractivity contribution is -0.0513. The number of alkyl halides is 2. The zero-order valence-corrected chi connectivity index (χ0v) is 10.6. The summed E-state index contributed by atoms with van der Waals surface area (Å²) in [5, 5.41) is 0. The molecule has 104 valence electrons. The number of halogens is 2. The van der Waals surface area contributed by atoms with Gasteiger partial charge in [-0.05, 0) is 19.1 Å². The number of carbonyl (C=O) groups is 1. The summed E-state index contributed by atoms with van der Waals surface area (Å²) >= 11 is 0. The first kappa shape index (κ1) is 14.9. The molecule has 0 aliphatic heterocycles. The summed E-state index contributed by atoms with van der Waals surface area (Å²) in [6.07, 6.45) is 1.37. The van der Waals surface area contributed by atoms with Crippen LogP contribution in [0.5, 0.6) is 11.5 Å². The van der Waals surface area contributed by atoms with Gasteiger partial charge in [-0.3, -0.25) is 0 Å². The van der Waals surface area contributed by atoms with Gasteiger partial charge in [0.1, 0.15) is 0 Å². The SMILES string of the molecule is C=Cc1cc(C(=O)OCC)cc(OC(F)F)c1OC. The van der Waals surface area contributed by atoms with Crippen LogP contribution in [0.4, 0.5) is 8.78 Å². The molecule has 0 heterocycles. The van der Waals surface area contributed by atoms with E-state index in [4.69, 9.17) is 9.47 Å². The third-order valence-corrected chi connectivity index (χ3v) is 2.23. The van der Waals surface area contributed by atoms with Gasteiger partial charge in [0.15, 0.2) is 11.5 Å². The minimum absolute atomic E-state index is 0.0864. The fraction of sp³-hybridized carbons (Fsp3) is 0.308. The van der Waals surface area contributed by atoms with Crippen molar-refractivity contribution < 1.29 is 27.8 Å². The Kier molecular flexibility index (Phi) is 5.29. The lowest BCUT2D eigenvalue weighted by Crippen LogP contribution is -2.09. The van der Waals surface area contributed by atoms with E-state index >= 15 is 0 Å². The number of benzene rings is 1. The summed E-state index contributed by atoms with van der Waals surface area (Å²) in [5.74, 6) is -0.784. The van der Waals surface area contributed by atoms with Crippen LogP contribution in [0.15, 0.2) is 18.7 Å². The summed E-state index contributed by atoms with van der Waals surface area (Å²) in [5.41, 5.74) is 0.455. The summed E-state index contributed by atoms with van der Waals surface area (Å²) in [7, 11) is 1.31. The Balaban J connectivity index is 3.29. The van der Waals surface area contributed by atoms with Gasteiger partial charge in [-0.2, -0.15) is 8.78 Å². The van der Waals surface area contributed by atoms with E-state index in [2.05, 4.69) is 11.3 Å². The van der Waals surface area contributed by atoms with Crippen LogP contribution >= 0.6 is 0 Å². The predicted molar refractivity (Wildman–Crippen MR) is 65.7 cm³/mol. The molecule has 0 atom stereocenters. The van der Waals surface area contributed by atoms with E-state index in [1.807, 2.05) is 0 Å². The van der Waals surface area contributed by atoms with E-state index in [9.17, 15) is 13.6 Å². The number of carbonyl (C=O) groups excluding carboxylic acids is 1. The Labute approximate surface area is 109 Å². The van der Waals surface area contributed by atoms with Crippen molar-refractivity contribution in [2.45, 2.75) is 13.5 Å². The highest BCUT2D eigenvalue weighted by molar-refractivity contribution is 5.91. The van der Waals surface area contributed by atoms with Crippen molar-refractivity contribution in [3.05, 3.63) is 29.8 Å². The standard InChI is InChI=1S/C13H14F2O4/c1-4-8-6-9(12(16)18-5-2)7-10(11(8)17-3)19-13(14)15/h4,6-7,13H,1,5H2,2-3H3. The van der Waals surface area contributed by atoms with E-state index in [1.54, 1.807) is 6.92 Å². The predicted octanol–water partition coefficient (Wildman–Crippen LogP) is 3.12. The van der Waals surface area contributed by atoms with Crippen molar-refractivity contribution in [1.82, 2.24) is 0 Å². The second kappa shape index (κ2) is 6.72. The van der Waals surface area contributed by atoms with E-state index < -0.39 is 12.6 Å². The molecule has 19 heavy (non-hydrogen) atoms. The first-order valence-electron chi connectivity index (χ1n) is 5.49. The molecule has 6 heteroatoms. The van der Waals surface area contributed by atoms with Crippen LogP contribution < -0.4 is 9.47 Å². The summed E-state index contributed by atoms with van der Waals surface area (Å²) < 4.78 is 38.8. The van der Waals surface area contributed by atoms with Gasteiger partial charge >= 0.3 is 12.6 Å². The molecule has 0 radical (unpaired) electrons. The number of ether oxygens (including phenoxy) is 3. The zero-order valence-electron chi connectivity index (χ0n) is 10.6. The molecule has 0 unspecified atom stereocenters. The Bertz CT molecular complexity index is 472. The number of methoxy groups -OCH3 is 1. The van der Waals surface area contributed by atoms with Crippen LogP contribution in [0.3, 0.4) is 0 Å². The maximum absolute atomic E-state index is 12.3. The van der Waals surface area contributed by atoms with Crippen LogP contribution in [-0.2, 0) is 4.74 Å². The molecule has 0 saturated carbocycles. The summed E-state index contributed by atoms with van der Waals surface area (Å²) in [4.78, 5) is 11.6. The zero-order chi connectivity index (χ0) is 14.4. The number of hydrogen-bond acceptors (Lipinski definition) is 4. The fourth-order valence-electron chi connectivity index (χ4n) is 1.51. The molecule has 0 fully saturated rings. The maximum atomic E-state index is 12.3. The minimum Gasteiger partial charge on any atom is -0.492 e. The normalized spacial score (nSPS) is 10.2. The van der Waals surface area contributed by atoms with Gasteiger partial charge in [0, 0.05) is 5.56 Å². The van der Waals surface area contributed by atoms with Crippen molar-refractivity contribution in [3.63, 3.8) is 0 Å². The molecule has 0 aromatic heterocycles. The molecule has 0 saturated heterocycles. The molecule has 1 aromatic carbocycles. The molecule has 0 bridgehead atoms. The van der Waals surface area contributed by atoms with Gasteiger partial charge in [-0.1, -0.05) is 12.7 Å². The van der Waals surface area contributed by atoms with Crippen LogP contribution in [0, 0.1) is 0 Å². The highest BCUT2D eigenvalue weighted by Crippen LogP contribution is 2.34. The number of esters is 1. The molecular formula is C13H14F2O4. The van der Waals surface area contributed by atoms with Crippen molar-refractivity contribution >= 4 is 12.0 Å². The molecule has 0 aliphatic carbocycles. The lowest BCUT2D eigenvalue weighted by atomic mass is 10.1. The van der Waals surface area contributed by atoms with Crippen LogP contribution in [0.2, 0.25) is 0 Å². The average molecular weight is 272 g/mol. The van der Waals surface area contributed by atoms with Gasteiger partial charge in [-0.25, -0.2) is 4.79 Å². The topological polar surface area (TPSA) is 44.8 Å². The average Bonchev–Trinajstić information content (AvgIpc) is 2.37. The molecule has 0 aliphatic rings. The van der Waals surface area contributed by atoms with Crippen molar-refractivity contribution in [1.29, 1.82) is 0 Å². The number of hydrogen-bond donors (Lipinski definition) is 0. The van der Waals surface area contributed by atoms with Gasteiger partial charge in [0.25, 0.3) is 0 Å². The van der Waals surface area contributed by atoms with Crippen LogP contribution in [0.1, 0.15) is 22.8 Å². The Morgan fingerprint density at radius 2 is 2.16 bits per heavy atom. The van der Waals surface area contributed by atoms with E-state index in [-0.39, 0.29) is 23.7 Å². The lowest BCUT2D eigenvalue weighted by Gasteiger charge is -2.14. The molecule has 0 amide bonds. The molecule has 0 spiro atoms. The monoisotopic (exact) mass is 272 g/mol. The van der Waals surface area contributed by atoms with E-state index in [0.717, 1.165) is 6.07 Å². The van der Waals surface area contributed by atoms with Gasteiger partial charge in [-0.15, -0.1) is 0 Å². The highest BCUT2D eigenvalue weighted by atomic mass is 19.3. The third kappa shape index (κ3) is 3.67. The second-order valence-corrected chi connectivity index (χ2v) is 3.40. The summed E-state index contributed by atoms with van der Waals surface area (Å²) in [6, 6.07) is 2.58. The van der Waals surface area contributed by atoms with Crippen LogP contribution in [-0.4, -0.2) is 26.3 Å². The molecule has 0 N–H and O–H groups in total. The first-order valence-corrected chi connectivity index (χ1v) is 5.49. The minimum atomic E-state index is -3.02. The fourth-order valence-corrected chi connectivity index (χ4v) is 1.51. The van der Waals surface area contributed by atoms with Crippen LogP contribution in [0.25, 0.3) is 6.08 Å². The Hall–Kier alpha value is -2.11. The van der Waals surface area contributed by atoms with E-state index in [0.29, 0.717) is 5.56 Å². The second-order valence-electron chi connectivity index (χ2n) is 3.40. The molecule has 4 nitrogen and oxygen atoms in total.